The lowest BCUT2D eigenvalue weighted by Gasteiger charge is -2.03. The number of nitrogens with one attached hydrogen (secondary N) is 1. The summed E-state index contributed by atoms with van der Waals surface area (Å²) >= 11 is 4.83. The van der Waals surface area contributed by atoms with Crippen LogP contribution in [0.2, 0.25) is 0 Å². The number of anilines is 1. The second-order valence-electron chi connectivity index (χ2n) is 3.41. The van der Waals surface area contributed by atoms with E-state index in [9.17, 15) is 0 Å². The number of nitrogens with two attached hydrogens (primary N) is 1. The Kier molecular flexibility index (Phi) is 3.29. The Morgan fingerprint density at radius 1 is 1.59 bits per heavy atom. The first-order valence-corrected chi connectivity index (χ1v) is 5.35. The first-order valence-electron chi connectivity index (χ1n) is 4.94. The Bertz CT molecular complexity index is 539. The SMILES string of the molecule is Cc1cc(CNc2nccc(C(N)=S)n2)no1. The van der Waals surface area contributed by atoms with Crippen LogP contribution >= 0.6 is 12.2 Å². The van der Waals surface area contributed by atoms with Gasteiger partial charge in [-0.1, -0.05) is 17.4 Å². The van der Waals surface area contributed by atoms with Gasteiger partial charge in [0.2, 0.25) is 5.95 Å². The molecule has 0 aromatic carbocycles. The van der Waals surface area contributed by atoms with Crippen molar-refractivity contribution in [2.24, 2.45) is 5.73 Å². The van der Waals surface area contributed by atoms with Crippen LogP contribution in [-0.2, 0) is 6.54 Å². The second-order valence-corrected chi connectivity index (χ2v) is 3.85. The number of thiocarbonyl (C=S) groups is 1. The minimum Gasteiger partial charge on any atom is -0.388 e. The van der Waals surface area contributed by atoms with Crippen LogP contribution in [-0.4, -0.2) is 20.1 Å². The topological polar surface area (TPSA) is 89.9 Å². The van der Waals surface area contributed by atoms with E-state index in [1.807, 2.05) is 13.0 Å². The van der Waals surface area contributed by atoms with E-state index in [1.165, 1.54) is 0 Å². The molecule has 3 N–H and O–H groups in total. The van der Waals surface area contributed by atoms with Crippen molar-refractivity contribution in [3.8, 4) is 0 Å². The van der Waals surface area contributed by atoms with Gasteiger partial charge in [0, 0.05) is 12.3 Å². The molecule has 88 valence electrons. The van der Waals surface area contributed by atoms with Crippen molar-refractivity contribution in [3.63, 3.8) is 0 Å². The molecule has 0 aliphatic rings. The summed E-state index contributed by atoms with van der Waals surface area (Å²) < 4.78 is 4.94. The summed E-state index contributed by atoms with van der Waals surface area (Å²) in [5.41, 5.74) is 6.80. The Hall–Kier alpha value is -2.02. The third kappa shape index (κ3) is 2.97. The van der Waals surface area contributed by atoms with Crippen molar-refractivity contribution < 1.29 is 4.52 Å². The second kappa shape index (κ2) is 4.88. The molecule has 0 atom stereocenters. The Labute approximate surface area is 103 Å². The standard InChI is InChI=1S/C10H11N5OS/c1-6-4-7(15-16-6)5-13-10-12-3-2-8(14-10)9(11)17/h2-4H,5H2,1H3,(H2,11,17)(H,12,13,14). The van der Waals surface area contributed by atoms with Gasteiger partial charge in [0.25, 0.3) is 0 Å². The molecule has 0 fully saturated rings. The van der Waals surface area contributed by atoms with Gasteiger partial charge in [-0.3, -0.25) is 0 Å². The summed E-state index contributed by atoms with van der Waals surface area (Å²) in [6.07, 6.45) is 1.60. The zero-order chi connectivity index (χ0) is 12.3. The highest BCUT2D eigenvalue weighted by atomic mass is 32.1. The number of aryl methyl sites for hydroxylation is 1. The Balaban J connectivity index is 2.04. The van der Waals surface area contributed by atoms with E-state index in [0.717, 1.165) is 11.5 Å². The van der Waals surface area contributed by atoms with Gasteiger partial charge < -0.3 is 15.6 Å². The molecule has 0 saturated carbocycles. The molecular weight excluding hydrogens is 238 g/mol. The van der Waals surface area contributed by atoms with Crippen LogP contribution in [0, 0.1) is 6.92 Å². The quantitative estimate of drug-likeness (QED) is 0.782. The largest absolute Gasteiger partial charge is 0.388 e. The van der Waals surface area contributed by atoms with Gasteiger partial charge in [-0.15, -0.1) is 0 Å². The van der Waals surface area contributed by atoms with E-state index in [4.69, 9.17) is 22.5 Å². The fraction of sp³-hybridized carbons (Fsp3) is 0.200. The highest BCUT2D eigenvalue weighted by Crippen LogP contribution is 2.05. The number of hydrogen-bond acceptors (Lipinski definition) is 6. The summed E-state index contributed by atoms with van der Waals surface area (Å²) in [4.78, 5) is 8.44. The van der Waals surface area contributed by atoms with Gasteiger partial charge >= 0.3 is 0 Å². The molecule has 17 heavy (non-hydrogen) atoms. The number of rotatable bonds is 4. The monoisotopic (exact) mass is 249 g/mol. The van der Waals surface area contributed by atoms with Gasteiger partial charge in [-0.2, -0.15) is 0 Å². The average Bonchev–Trinajstić information content (AvgIpc) is 2.73. The van der Waals surface area contributed by atoms with E-state index in [1.54, 1.807) is 12.3 Å². The molecule has 7 heteroatoms. The molecule has 0 unspecified atom stereocenters. The first kappa shape index (κ1) is 11.5. The molecule has 0 aliphatic heterocycles. The third-order valence-electron chi connectivity index (χ3n) is 2.01. The minimum atomic E-state index is 0.243. The molecule has 0 aliphatic carbocycles. The van der Waals surface area contributed by atoms with E-state index in [-0.39, 0.29) is 4.99 Å². The van der Waals surface area contributed by atoms with E-state index < -0.39 is 0 Å². The molecule has 2 heterocycles. The molecule has 2 rings (SSSR count). The molecule has 0 saturated heterocycles. The van der Waals surface area contributed by atoms with Crippen molar-refractivity contribution in [2.45, 2.75) is 13.5 Å². The van der Waals surface area contributed by atoms with Crippen molar-refractivity contribution in [2.75, 3.05) is 5.32 Å². The predicted octanol–water partition coefficient (Wildman–Crippen LogP) is 1.02. The van der Waals surface area contributed by atoms with Gasteiger partial charge in [-0.05, 0) is 13.0 Å². The minimum absolute atomic E-state index is 0.243. The van der Waals surface area contributed by atoms with Crippen LogP contribution in [0.25, 0.3) is 0 Å². The molecular formula is C10H11N5OS. The molecule has 0 amide bonds. The lowest BCUT2D eigenvalue weighted by molar-refractivity contribution is 0.391. The summed E-state index contributed by atoms with van der Waals surface area (Å²) in [7, 11) is 0. The zero-order valence-electron chi connectivity index (χ0n) is 9.17. The molecule has 2 aromatic heterocycles. The van der Waals surface area contributed by atoms with Crippen LogP contribution in [0.3, 0.4) is 0 Å². The normalized spacial score (nSPS) is 10.2. The maximum absolute atomic E-state index is 5.48. The smallest absolute Gasteiger partial charge is 0.223 e. The van der Waals surface area contributed by atoms with Gasteiger partial charge in [0.05, 0.1) is 6.54 Å². The summed E-state index contributed by atoms with van der Waals surface area (Å²) in [6, 6.07) is 3.50. The predicted molar refractivity (Wildman–Crippen MR) is 66.5 cm³/mol. The van der Waals surface area contributed by atoms with Crippen LogP contribution in [0.4, 0.5) is 5.95 Å². The first-order chi connectivity index (χ1) is 8.15. The van der Waals surface area contributed by atoms with Crippen LogP contribution < -0.4 is 11.1 Å². The van der Waals surface area contributed by atoms with Crippen molar-refractivity contribution in [3.05, 3.63) is 35.5 Å². The highest BCUT2D eigenvalue weighted by Gasteiger charge is 2.03. The molecule has 6 nitrogen and oxygen atoms in total. The third-order valence-corrected chi connectivity index (χ3v) is 2.22. The van der Waals surface area contributed by atoms with Gasteiger partial charge in [0.15, 0.2) is 0 Å². The lowest BCUT2D eigenvalue weighted by Crippen LogP contribution is -2.13. The molecule has 2 aromatic rings. The zero-order valence-corrected chi connectivity index (χ0v) is 9.99. The van der Waals surface area contributed by atoms with E-state index in [0.29, 0.717) is 18.2 Å². The fourth-order valence-corrected chi connectivity index (χ4v) is 1.37. The van der Waals surface area contributed by atoms with E-state index in [2.05, 4.69) is 20.4 Å². The highest BCUT2D eigenvalue weighted by molar-refractivity contribution is 7.80. The fourth-order valence-electron chi connectivity index (χ4n) is 1.25. The molecule has 0 spiro atoms. The summed E-state index contributed by atoms with van der Waals surface area (Å²) in [5, 5.41) is 6.85. The summed E-state index contributed by atoms with van der Waals surface area (Å²) in [6.45, 7) is 2.32. The number of aromatic nitrogens is 3. The number of hydrogen-bond donors (Lipinski definition) is 2. The van der Waals surface area contributed by atoms with Crippen molar-refractivity contribution >= 4 is 23.2 Å². The van der Waals surface area contributed by atoms with Crippen molar-refractivity contribution in [1.29, 1.82) is 0 Å². The van der Waals surface area contributed by atoms with Crippen LogP contribution in [0.15, 0.2) is 22.9 Å². The van der Waals surface area contributed by atoms with Crippen LogP contribution in [0.1, 0.15) is 17.1 Å². The maximum Gasteiger partial charge on any atom is 0.223 e. The average molecular weight is 249 g/mol. The lowest BCUT2D eigenvalue weighted by atomic mass is 10.4. The molecule has 0 bridgehead atoms. The Morgan fingerprint density at radius 2 is 2.41 bits per heavy atom. The van der Waals surface area contributed by atoms with Crippen LogP contribution in [0.5, 0.6) is 0 Å². The number of nitrogens with zero attached hydrogens (tertiary/aromatic N) is 3. The van der Waals surface area contributed by atoms with Crippen molar-refractivity contribution in [1.82, 2.24) is 15.1 Å². The van der Waals surface area contributed by atoms with Gasteiger partial charge in [0.1, 0.15) is 22.1 Å². The Morgan fingerprint density at radius 3 is 3.06 bits per heavy atom. The molecule has 0 radical (unpaired) electrons. The van der Waals surface area contributed by atoms with Gasteiger partial charge in [-0.25, -0.2) is 9.97 Å². The maximum atomic E-state index is 5.48. The summed E-state index contributed by atoms with van der Waals surface area (Å²) in [5.74, 6) is 1.22. The van der Waals surface area contributed by atoms with E-state index >= 15 is 0 Å².